The molecule has 0 unspecified atom stereocenters. The Morgan fingerprint density at radius 3 is 2.39 bits per heavy atom. The van der Waals surface area contributed by atoms with E-state index in [0.717, 1.165) is 26.1 Å². The number of nitrogens with zero attached hydrogens (tertiary/aromatic N) is 3. The van der Waals surface area contributed by atoms with Gasteiger partial charge in [-0.1, -0.05) is 0 Å². The minimum atomic E-state index is -0.159. The fraction of sp³-hybridized carbons (Fsp3) is 0.850. The zero-order valence-electron chi connectivity index (χ0n) is 17.0. The molecule has 28 heavy (non-hydrogen) atoms. The van der Waals surface area contributed by atoms with Crippen molar-refractivity contribution in [2.45, 2.75) is 39.0 Å². The highest BCUT2D eigenvalue weighted by atomic mass is 16.5. The molecule has 3 amide bonds. The van der Waals surface area contributed by atoms with E-state index in [1.54, 1.807) is 16.7 Å². The normalized spacial score (nSPS) is 22.0. The molecule has 0 bridgehead atoms. The van der Waals surface area contributed by atoms with Crippen molar-refractivity contribution in [3.05, 3.63) is 0 Å². The van der Waals surface area contributed by atoms with Gasteiger partial charge in [-0.25, -0.2) is 4.79 Å². The number of hydrogen-bond acceptors (Lipinski definition) is 5. The van der Waals surface area contributed by atoms with E-state index in [1.807, 2.05) is 4.90 Å². The first kappa shape index (κ1) is 20.9. The molecule has 3 aliphatic rings. The van der Waals surface area contributed by atoms with Gasteiger partial charge in [0, 0.05) is 32.7 Å². The number of carbonyl (C=O) groups excluding carboxylic acids is 3. The first-order valence-electron chi connectivity index (χ1n) is 10.8. The molecule has 0 radical (unpaired) electrons. The summed E-state index contributed by atoms with van der Waals surface area (Å²) in [5, 5.41) is 3.37. The Morgan fingerprint density at radius 2 is 1.71 bits per heavy atom. The number of ether oxygens (including phenoxy) is 1. The highest BCUT2D eigenvalue weighted by molar-refractivity contribution is 5.85. The van der Waals surface area contributed by atoms with Crippen LogP contribution in [0.4, 0.5) is 4.79 Å². The van der Waals surface area contributed by atoms with Crippen LogP contribution in [-0.2, 0) is 14.3 Å². The summed E-state index contributed by atoms with van der Waals surface area (Å²) >= 11 is 0. The molecule has 3 rings (SSSR count). The van der Waals surface area contributed by atoms with Gasteiger partial charge in [0.1, 0.15) is 6.54 Å². The van der Waals surface area contributed by atoms with Crippen LogP contribution in [0, 0.1) is 11.8 Å². The lowest BCUT2D eigenvalue weighted by molar-refractivity contribution is -0.151. The summed E-state index contributed by atoms with van der Waals surface area (Å²) in [4.78, 5) is 42.4. The minimum absolute atomic E-state index is 0.0105. The van der Waals surface area contributed by atoms with Crippen LogP contribution in [0.1, 0.15) is 39.0 Å². The SMILES string of the molecule is CCOC(=O)C1CCN(C(=O)CN2CCN(CCC3CCNCC3)C2=O)CC1. The summed E-state index contributed by atoms with van der Waals surface area (Å²) in [6, 6.07) is -0.0105. The molecule has 0 aliphatic carbocycles. The van der Waals surface area contributed by atoms with Crippen LogP contribution in [-0.4, -0.2) is 91.6 Å². The third-order valence-corrected chi connectivity index (χ3v) is 6.24. The lowest BCUT2D eigenvalue weighted by Gasteiger charge is -2.32. The maximum absolute atomic E-state index is 12.6. The molecule has 3 saturated heterocycles. The van der Waals surface area contributed by atoms with Gasteiger partial charge in [-0.15, -0.1) is 0 Å². The maximum atomic E-state index is 12.6. The summed E-state index contributed by atoms with van der Waals surface area (Å²) in [6.07, 6.45) is 4.70. The summed E-state index contributed by atoms with van der Waals surface area (Å²) in [5.74, 6) is 0.415. The van der Waals surface area contributed by atoms with Gasteiger partial charge >= 0.3 is 12.0 Å². The van der Waals surface area contributed by atoms with Gasteiger partial charge in [0.25, 0.3) is 0 Å². The first-order chi connectivity index (χ1) is 13.6. The molecule has 0 saturated carbocycles. The number of urea groups is 1. The predicted molar refractivity (Wildman–Crippen MR) is 105 cm³/mol. The van der Waals surface area contributed by atoms with Crippen molar-refractivity contribution in [2.24, 2.45) is 11.8 Å². The molecule has 3 heterocycles. The summed E-state index contributed by atoms with van der Waals surface area (Å²) in [7, 11) is 0. The van der Waals surface area contributed by atoms with Gasteiger partial charge in [0.15, 0.2) is 0 Å². The van der Waals surface area contributed by atoms with E-state index in [2.05, 4.69) is 5.32 Å². The van der Waals surface area contributed by atoms with Crippen LogP contribution in [0.3, 0.4) is 0 Å². The Kier molecular flexibility index (Phi) is 7.53. The van der Waals surface area contributed by atoms with E-state index < -0.39 is 0 Å². The van der Waals surface area contributed by atoms with E-state index in [4.69, 9.17) is 4.74 Å². The third kappa shape index (κ3) is 5.37. The van der Waals surface area contributed by atoms with Crippen molar-refractivity contribution in [3.8, 4) is 0 Å². The van der Waals surface area contributed by atoms with Crippen LogP contribution in [0.25, 0.3) is 0 Å². The Morgan fingerprint density at radius 1 is 1.04 bits per heavy atom. The smallest absolute Gasteiger partial charge is 0.320 e. The van der Waals surface area contributed by atoms with E-state index in [0.29, 0.717) is 51.5 Å². The standard InChI is InChI=1S/C20H34N4O4/c1-2-28-19(26)17-6-11-22(12-7-17)18(25)15-24-14-13-23(20(24)27)10-5-16-3-8-21-9-4-16/h16-17,21H,2-15H2,1H3. The number of nitrogens with one attached hydrogen (secondary N) is 1. The summed E-state index contributed by atoms with van der Waals surface area (Å²) < 4.78 is 5.07. The highest BCUT2D eigenvalue weighted by Crippen LogP contribution is 2.21. The molecule has 1 N–H and O–H groups in total. The number of esters is 1. The Balaban J connectivity index is 1.38. The van der Waals surface area contributed by atoms with E-state index in [9.17, 15) is 14.4 Å². The highest BCUT2D eigenvalue weighted by Gasteiger charge is 2.33. The van der Waals surface area contributed by atoms with Crippen LogP contribution >= 0.6 is 0 Å². The number of carbonyl (C=O) groups is 3. The monoisotopic (exact) mass is 394 g/mol. The van der Waals surface area contributed by atoms with Crippen molar-refractivity contribution in [2.75, 3.05) is 59.0 Å². The summed E-state index contributed by atoms with van der Waals surface area (Å²) in [5.41, 5.74) is 0. The number of piperidine rings is 2. The van der Waals surface area contributed by atoms with Crippen LogP contribution in [0.2, 0.25) is 0 Å². The number of rotatable bonds is 7. The van der Waals surface area contributed by atoms with Crippen molar-refractivity contribution >= 4 is 17.9 Å². The second-order valence-electron chi connectivity index (χ2n) is 8.08. The van der Waals surface area contributed by atoms with Crippen molar-refractivity contribution in [3.63, 3.8) is 0 Å². The molecule has 0 atom stereocenters. The molecule has 158 valence electrons. The van der Waals surface area contributed by atoms with E-state index in [1.165, 1.54) is 12.8 Å². The van der Waals surface area contributed by atoms with E-state index in [-0.39, 0.29) is 30.4 Å². The molecule has 0 aromatic heterocycles. The average Bonchev–Trinajstić information content (AvgIpc) is 3.07. The topological polar surface area (TPSA) is 82.2 Å². The molecule has 8 heteroatoms. The Labute approximate surface area is 167 Å². The van der Waals surface area contributed by atoms with Crippen LogP contribution in [0.5, 0.6) is 0 Å². The molecule has 0 spiro atoms. The Bertz CT molecular complexity index is 556. The number of hydrogen-bond donors (Lipinski definition) is 1. The molecular weight excluding hydrogens is 360 g/mol. The van der Waals surface area contributed by atoms with Gasteiger partial charge in [-0.2, -0.15) is 0 Å². The number of amides is 3. The molecule has 3 aliphatic heterocycles. The lowest BCUT2D eigenvalue weighted by atomic mass is 9.94. The molecule has 0 aromatic carbocycles. The Hall–Kier alpha value is -1.83. The quantitative estimate of drug-likeness (QED) is 0.649. The van der Waals surface area contributed by atoms with Gasteiger partial charge in [-0.3, -0.25) is 9.59 Å². The van der Waals surface area contributed by atoms with E-state index >= 15 is 0 Å². The summed E-state index contributed by atoms with van der Waals surface area (Å²) in [6.45, 7) is 7.73. The van der Waals surface area contributed by atoms with Crippen LogP contribution < -0.4 is 5.32 Å². The van der Waals surface area contributed by atoms with Crippen molar-refractivity contribution < 1.29 is 19.1 Å². The predicted octanol–water partition coefficient (Wildman–Crippen LogP) is 0.915. The number of likely N-dealkylation sites (tertiary alicyclic amines) is 1. The second-order valence-corrected chi connectivity index (χ2v) is 8.08. The zero-order valence-corrected chi connectivity index (χ0v) is 17.0. The van der Waals surface area contributed by atoms with Gasteiger partial charge in [0.05, 0.1) is 12.5 Å². The fourth-order valence-electron chi connectivity index (χ4n) is 4.38. The van der Waals surface area contributed by atoms with Gasteiger partial charge in [-0.05, 0) is 58.0 Å². The maximum Gasteiger partial charge on any atom is 0.320 e. The van der Waals surface area contributed by atoms with Crippen molar-refractivity contribution in [1.29, 1.82) is 0 Å². The zero-order chi connectivity index (χ0) is 19.9. The lowest BCUT2D eigenvalue weighted by Crippen LogP contribution is -2.46. The third-order valence-electron chi connectivity index (χ3n) is 6.24. The molecule has 3 fully saturated rings. The van der Waals surface area contributed by atoms with Crippen LogP contribution in [0.15, 0.2) is 0 Å². The van der Waals surface area contributed by atoms with Gasteiger partial charge < -0.3 is 24.8 Å². The molecular formula is C20H34N4O4. The van der Waals surface area contributed by atoms with Crippen molar-refractivity contribution in [1.82, 2.24) is 20.0 Å². The van der Waals surface area contributed by atoms with Gasteiger partial charge in [0.2, 0.25) is 5.91 Å². The molecule has 8 nitrogen and oxygen atoms in total. The second kappa shape index (κ2) is 10.1. The minimum Gasteiger partial charge on any atom is -0.466 e. The molecule has 0 aromatic rings. The largest absolute Gasteiger partial charge is 0.466 e. The fourth-order valence-corrected chi connectivity index (χ4v) is 4.38. The average molecular weight is 395 g/mol. The first-order valence-corrected chi connectivity index (χ1v) is 10.8.